The number of benzene rings is 1. The van der Waals surface area contributed by atoms with Crippen molar-refractivity contribution in [2.75, 3.05) is 0 Å². The quantitative estimate of drug-likeness (QED) is 0.909. The van der Waals surface area contributed by atoms with Gasteiger partial charge in [-0.05, 0) is 18.1 Å². The van der Waals surface area contributed by atoms with Crippen LogP contribution in [-0.2, 0) is 6.61 Å². The van der Waals surface area contributed by atoms with Crippen molar-refractivity contribution < 1.29 is 5.11 Å². The molecule has 0 atom stereocenters. The second kappa shape index (κ2) is 5.17. The smallest absolute Gasteiger partial charge is 0.123 e. The van der Waals surface area contributed by atoms with Gasteiger partial charge in [0, 0.05) is 10.6 Å². The predicted molar refractivity (Wildman–Crippen MR) is 72.6 cm³/mol. The minimum absolute atomic E-state index is 0.0543. The fourth-order valence-corrected chi connectivity index (χ4v) is 2.85. The first-order valence-electron chi connectivity index (χ1n) is 5.48. The van der Waals surface area contributed by atoms with Crippen molar-refractivity contribution in [3.05, 3.63) is 39.9 Å². The van der Waals surface area contributed by atoms with E-state index in [4.69, 9.17) is 11.6 Å². The normalized spacial score (nSPS) is 11.1. The Hall–Kier alpha value is -0.900. The van der Waals surface area contributed by atoms with Crippen LogP contribution in [0, 0.1) is 0 Å². The number of hydrogen-bond donors (Lipinski definition) is 1. The molecule has 0 aliphatic rings. The highest BCUT2D eigenvalue weighted by Gasteiger charge is 2.14. The van der Waals surface area contributed by atoms with E-state index in [1.165, 1.54) is 0 Å². The molecule has 0 aliphatic carbocycles. The standard InChI is InChI=1S/C13H14ClNOS/c1-8(2)12-11(7-16)17-13(15-12)9-3-5-10(14)6-4-9/h3-6,8,16H,7H2,1-2H3. The lowest BCUT2D eigenvalue weighted by molar-refractivity contribution is 0.283. The summed E-state index contributed by atoms with van der Waals surface area (Å²) in [5.41, 5.74) is 2.03. The van der Waals surface area contributed by atoms with Gasteiger partial charge in [-0.25, -0.2) is 4.98 Å². The van der Waals surface area contributed by atoms with Crippen molar-refractivity contribution in [2.45, 2.75) is 26.4 Å². The summed E-state index contributed by atoms with van der Waals surface area (Å²) >= 11 is 7.40. The molecule has 0 saturated carbocycles. The number of rotatable bonds is 3. The van der Waals surface area contributed by atoms with Gasteiger partial charge in [-0.15, -0.1) is 11.3 Å². The van der Waals surface area contributed by atoms with Crippen LogP contribution in [0.4, 0.5) is 0 Å². The van der Waals surface area contributed by atoms with Crippen LogP contribution < -0.4 is 0 Å². The molecule has 0 unspecified atom stereocenters. The maximum absolute atomic E-state index is 9.32. The predicted octanol–water partition coefficient (Wildman–Crippen LogP) is 4.08. The van der Waals surface area contributed by atoms with Gasteiger partial charge in [-0.1, -0.05) is 37.6 Å². The maximum atomic E-state index is 9.32. The Morgan fingerprint density at radius 2 is 1.94 bits per heavy atom. The highest BCUT2D eigenvalue weighted by Crippen LogP contribution is 2.32. The third-order valence-electron chi connectivity index (χ3n) is 2.51. The summed E-state index contributed by atoms with van der Waals surface area (Å²) in [7, 11) is 0. The number of nitrogens with zero attached hydrogens (tertiary/aromatic N) is 1. The second-order valence-corrected chi connectivity index (χ2v) is 5.67. The lowest BCUT2D eigenvalue weighted by Gasteiger charge is -2.01. The molecule has 1 heterocycles. The molecule has 0 amide bonds. The van der Waals surface area contributed by atoms with Crippen molar-refractivity contribution in [3.8, 4) is 10.6 Å². The van der Waals surface area contributed by atoms with Crippen LogP contribution in [-0.4, -0.2) is 10.1 Å². The maximum Gasteiger partial charge on any atom is 0.123 e. The second-order valence-electron chi connectivity index (χ2n) is 4.15. The highest BCUT2D eigenvalue weighted by molar-refractivity contribution is 7.15. The lowest BCUT2D eigenvalue weighted by Crippen LogP contribution is -1.92. The molecule has 0 radical (unpaired) electrons. The van der Waals surface area contributed by atoms with Gasteiger partial charge >= 0.3 is 0 Å². The summed E-state index contributed by atoms with van der Waals surface area (Å²) in [6.07, 6.45) is 0. The first-order chi connectivity index (χ1) is 8.11. The lowest BCUT2D eigenvalue weighted by atomic mass is 10.1. The number of aromatic nitrogens is 1. The van der Waals surface area contributed by atoms with E-state index in [0.29, 0.717) is 5.92 Å². The van der Waals surface area contributed by atoms with Crippen molar-refractivity contribution >= 4 is 22.9 Å². The van der Waals surface area contributed by atoms with Crippen LogP contribution >= 0.6 is 22.9 Å². The van der Waals surface area contributed by atoms with Gasteiger partial charge in [0.25, 0.3) is 0 Å². The topological polar surface area (TPSA) is 33.1 Å². The van der Waals surface area contributed by atoms with E-state index < -0.39 is 0 Å². The number of hydrogen-bond acceptors (Lipinski definition) is 3. The molecule has 17 heavy (non-hydrogen) atoms. The number of aliphatic hydroxyl groups excluding tert-OH is 1. The Morgan fingerprint density at radius 3 is 2.41 bits per heavy atom. The van der Waals surface area contributed by atoms with Crippen LogP contribution in [0.15, 0.2) is 24.3 Å². The van der Waals surface area contributed by atoms with E-state index in [1.807, 2.05) is 24.3 Å². The zero-order chi connectivity index (χ0) is 12.4. The van der Waals surface area contributed by atoms with Crippen LogP contribution in [0.5, 0.6) is 0 Å². The molecule has 4 heteroatoms. The Balaban J connectivity index is 2.42. The minimum atomic E-state index is 0.0543. The average Bonchev–Trinajstić information content (AvgIpc) is 2.74. The minimum Gasteiger partial charge on any atom is -0.391 e. The van der Waals surface area contributed by atoms with E-state index in [-0.39, 0.29) is 6.61 Å². The first-order valence-corrected chi connectivity index (χ1v) is 6.67. The number of thiazole rings is 1. The van der Waals surface area contributed by atoms with Crippen molar-refractivity contribution in [1.82, 2.24) is 4.98 Å². The third kappa shape index (κ3) is 2.68. The Morgan fingerprint density at radius 1 is 1.29 bits per heavy atom. The van der Waals surface area contributed by atoms with Crippen molar-refractivity contribution in [1.29, 1.82) is 0 Å². The van der Waals surface area contributed by atoms with E-state index >= 15 is 0 Å². The van der Waals surface area contributed by atoms with Gasteiger partial charge in [0.15, 0.2) is 0 Å². The molecule has 90 valence electrons. The third-order valence-corrected chi connectivity index (χ3v) is 3.87. The molecule has 0 fully saturated rings. The number of aliphatic hydroxyl groups is 1. The van der Waals surface area contributed by atoms with Gasteiger partial charge in [-0.3, -0.25) is 0 Å². The summed E-state index contributed by atoms with van der Waals surface area (Å²) in [6.45, 7) is 4.22. The SMILES string of the molecule is CC(C)c1nc(-c2ccc(Cl)cc2)sc1CO. The summed E-state index contributed by atoms with van der Waals surface area (Å²) in [4.78, 5) is 5.54. The Bertz CT molecular complexity index is 505. The van der Waals surface area contributed by atoms with E-state index in [1.54, 1.807) is 11.3 Å². The fraction of sp³-hybridized carbons (Fsp3) is 0.308. The molecule has 2 aromatic rings. The Kier molecular flexibility index (Phi) is 3.82. The molecule has 0 aliphatic heterocycles. The average molecular weight is 268 g/mol. The van der Waals surface area contributed by atoms with Gasteiger partial charge in [0.2, 0.25) is 0 Å². The molecule has 2 nitrogen and oxygen atoms in total. The Labute approximate surface area is 110 Å². The molecule has 1 aromatic heterocycles. The highest BCUT2D eigenvalue weighted by atomic mass is 35.5. The fourth-order valence-electron chi connectivity index (χ4n) is 1.64. The van der Waals surface area contributed by atoms with E-state index in [0.717, 1.165) is 26.2 Å². The number of halogens is 1. The monoisotopic (exact) mass is 267 g/mol. The van der Waals surface area contributed by atoms with Crippen LogP contribution in [0.2, 0.25) is 5.02 Å². The molecule has 0 bridgehead atoms. The zero-order valence-electron chi connectivity index (χ0n) is 9.77. The van der Waals surface area contributed by atoms with Gasteiger partial charge in [0.1, 0.15) is 5.01 Å². The molecular formula is C13H14ClNOS. The van der Waals surface area contributed by atoms with E-state index in [2.05, 4.69) is 18.8 Å². The van der Waals surface area contributed by atoms with Crippen molar-refractivity contribution in [3.63, 3.8) is 0 Å². The zero-order valence-corrected chi connectivity index (χ0v) is 11.3. The first kappa shape index (κ1) is 12.6. The molecule has 1 N–H and O–H groups in total. The summed E-state index contributed by atoms with van der Waals surface area (Å²) in [5, 5.41) is 11.0. The van der Waals surface area contributed by atoms with Gasteiger partial charge in [-0.2, -0.15) is 0 Å². The summed E-state index contributed by atoms with van der Waals surface area (Å²) in [6, 6.07) is 7.61. The van der Waals surface area contributed by atoms with Crippen LogP contribution in [0.3, 0.4) is 0 Å². The largest absolute Gasteiger partial charge is 0.391 e. The molecule has 1 aromatic carbocycles. The molecular weight excluding hydrogens is 254 g/mol. The summed E-state index contributed by atoms with van der Waals surface area (Å²) < 4.78 is 0. The summed E-state index contributed by atoms with van der Waals surface area (Å²) in [5.74, 6) is 0.328. The molecule has 0 spiro atoms. The molecule has 2 rings (SSSR count). The molecule has 0 saturated heterocycles. The van der Waals surface area contributed by atoms with Gasteiger partial charge in [0.05, 0.1) is 17.2 Å². The van der Waals surface area contributed by atoms with E-state index in [9.17, 15) is 5.11 Å². The van der Waals surface area contributed by atoms with Gasteiger partial charge < -0.3 is 5.11 Å². The van der Waals surface area contributed by atoms with Crippen molar-refractivity contribution in [2.24, 2.45) is 0 Å². The van der Waals surface area contributed by atoms with Crippen LogP contribution in [0.1, 0.15) is 30.3 Å². The van der Waals surface area contributed by atoms with Crippen LogP contribution in [0.25, 0.3) is 10.6 Å².